The van der Waals surface area contributed by atoms with Crippen molar-refractivity contribution in [2.75, 3.05) is 0 Å². The summed E-state index contributed by atoms with van der Waals surface area (Å²) in [7, 11) is 0. The van der Waals surface area contributed by atoms with Gasteiger partial charge in [0.25, 0.3) is 0 Å². The van der Waals surface area contributed by atoms with Crippen LogP contribution in [0.15, 0.2) is 0 Å². The van der Waals surface area contributed by atoms with Crippen LogP contribution < -0.4 is 5.32 Å². The SMILES string of the molecule is CCC1CCCCC1N1C(=O)C(C)(CC)NC1C(C)C. The molecule has 0 spiro atoms. The van der Waals surface area contributed by atoms with Crippen molar-refractivity contribution in [3.63, 3.8) is 0 Å². The molecule has 0 aromatic carbocycles. The molecule has 0 aromatic heterocycles. The first kappa shape index (κ1) is 15.8. The van der Waals surface area contributed by atoms with Gasteiger partial charge in [0, 0.05) is 6.04 Å². The lowest BCUT2D eigenvalue weighted by Crippen LogP contribution is -2.51. The first-order chi connectivity index (χ1) is 9.44. The van der Waals surface area contributed by atoms with Crippen LogP contribution in [0.25, 0.3) is 0 Å². The Hall–Kier alpha value is -0.570. The molecule has 2 rings (SSSR count). The van der Waals surface area contributed by atoms with E-state index in [-0.39, 0.29) is 11.7 Å². The third-order valence-corrected chi connectivity index (χ3v) is 5.56. The van der Waals surface area contributed by atoms with Crippen LogP contribution in [0.2, 0.25) is 0 Å². The molecule has 4 unspecified atom stereocenters. The van der Waals surface area contributed by atoms with Gasteiger partial charge in [-0.2, -0.15) is 0 Å². The average molecular weight is 280 g/mol. The summed E-state index contributed by atoms with van der Waals surface area (Å²) in [6, 6.07) is 0.453. The second kappa shape index (κ2) is 6.05. The number of carbonyl (C=O) groups excluding carboxylic acids is 1. The van der Waals surface area contributed by atoms with Crippen molar-refractivity contribution in [1.29, 1.82) is 0 Å². The van der Waals surface area contributed by atoms with Crippen molar-refractivity contribution in [2.45, 2.75) is 90.9 Å². The predicted octanol–water partition coefficient (Wildman–Crippen LogP) is 3.54. The summed E-state index contributed by atoms with van der Waals surface area (Å²) in [4.78, 5) is 15.2. The van der Waals surface area contributed by atoms with Gasteiger partial charge >= 0.3 is 0 Å². The van der Waals surface area contributed by atoms with E-state index in [1.807, 2.05) is 0 Å². The Morgan fingerprint density at radius 3 is 2.50 bits per heavy atom. The molecule has 2 fully saturated rings. The first-order valence-corrected chi connectivity index (χ1v) is 8.55. The maximum atomic E-state index is 13.0. The van der Waals surface area contributed by atoms with Gasteiger partial charge in [-0.25, -0.2) is 0 Å². The molecule has 1 aliphatic heterocycles. The zero-order valence-electron chi connectivity index (χ0n) is 13.9. The van der Waals surface area contributed by atoms with Crippen molar-refractivity contribution in [3.05, 3.63) is 0 Å². The Morgan fingerprint density at radius 2 is 1.95 bits per heavy atom. The number of carbonyl (C=O) groups is 1. The summed E-state index contributed by atoms with van der Waals surface area (Å²) >= 11 is 0. The molecule has 1 saturated carbocycles. The molecule has 1 aliphatic carbocycles. The van der Waals surface area contributed by atoms with Gasteiger partial charge in [0.1, 0.15) is 0 Å². The third-order valence-electron chi connectivity index (χ3n) is 5.56. The Kier molecular flexibility index (Phi) is 4.78. The number of amides is 1. The zero-order valence-corrected chi connectivity index (χ0v) is 13.9. The normalized spacial score (nSPS) is 38.8. The summed E-state index contributed by atoms with van der Waals surface area (Å²) in [5.41, 5.74) is -0.356. The second-order valence-electron chi connectivity index (χ2n) is 7.25. The van der Waals surface area contributed by atoms with E-state index >= 15 is 0 Å². The lowest BCUT2D eigenvalue weighted by Gasteiger charge is -2.41. The van der Waals surface area contributed by atoms with Gasteiger partial charge in [-0.05, 0) is 38.0 Å². The van der Waals surface area contributed by atoms with Crippen molar-refractivity contribution in [1.82, 2.24) is 10.2 Å². The summed E-state index contributed by atoms with van der Waals surface area (Å²) in [5.74, 6) is 1.49. The van der Waals surface area contributed by atoms with E-state index in [0.717, 1.165) is 6.42 Å². The van der Waals surface area contributed by atoms with E-state index in [4.69, 9.17) is 0 Å². The molecule has 3 nitrogen and oxygen atoms in total. The molecule has 3 heteroatoms. The minimum Gasteiger partial charge on any atom is -0.322 e. The Balaban J connectivity index is 2.28. The van der Waals surface area contributed by atoms with Crippen LogP contribution in [0.3, 0.4) is 0 Å². The predicted molar refractivity (Wildman–Crippen MR) is 83.3 cm³/mol. The number of nitrogens with zero attached hydrogens (tertiary/aromatic N) is 1. The number of rotatable bonds is 4. The minimum atomic E-state index is -0.356. The van der Waals surface area contributed by atoms with Gasteiger partial charge < -0.3 is 4.90 Å². The van der Waals surface area contributed by atoms with Crippen molar-refractivity contribution in [2.24, 2.45) is 11.8 Å². The highest BCUT2D eigenvalue weighted by Crippen LogP contribution is 2.37. The minimum absolute atomic E-state index is 0.213. The van der Waals surface area contributed by atoms with E-state index in [1.54, 1.807) is 0 Å². The zero-order chi connectivity index (χ0) is 14.9. The van der Waals surface area contributed by atoms with Crippen LogP contribution in [-0.4, -0.2) is 28.6 Å². The lowest BCUT2D eigenvalue weighted by atomic mass is 9.81. The molecule has 2 aliphatic rings. The second-order valence-corrected chi connectivity index (χ2v) is 7.25. The molecular formula is C17H32N2O. The highest BCUT2D eigenvalue weighted by atomic mass is 16.2. The molecule has 0 radical (unpaired) electrons. The largest absolute Gasteiger partial charge is 0.322 e. The summed E-state index contributed by atoms with van der Waals surface area (Å²) in [6.07, 6.45) is 7.37. The molecule has 0 aromatic rings. The average Bonchev–Trinajstić information content (AvgIpc) is 2.72. The lowest BCUT2D eigenvalue weighted by molar-refractivity contribution is -0.137. The number of hydrogen-bond acceptors (Lipinski definition) is 2. The Labute approximate surface area is 124 Å². The van der Waals surface area contributed by atoms with Crippen LogP contribution in [0, 0.1) is 11.8 Å². The molecule has 1 N–H and O–H groups in total. The number of hydrogen-bond donors (Lipinski definition) is 1. The maximum Gasteiger partial charge on any atom is 0.244 e. The van der Waals surface area contributed by atoms with Crippen LogP contribution in [-0.2, 0) is 4.79 Å². The maximum absolute atomic E-state index is 13.0. The standard InChI is InChI=1S/C17H32N2O/c1-6-13-10-8-9-11-14(13)19-15(12(3)4)18-17(5,7-2)16(19)20/h12-15,18H,6-11H2,1-5H3. The Bertz CT molecular complexity index is 355. The van der Waals surface area contributed by atoms with E-state index in [9.17, 15) is 4.79 Å². The molecule has 1 saturated heterocycles. The van der Waals surface area contributed by atoms with Gasteiger partial charge in [0.15, 0.2) is 0 Å². The summed E-state index contributed by atoms with van der Waals surface area (Å²) < 4.78 is 0. The van der Waals surface area contributed by atoms with E-state index < -0.39 is 0 Å². The topological polar surface area (TPSA) is 32.3 Å². The highest BCUT2D eigenvalue weighted by molar-refractivity contribution is 5.88. The molecular weight excluding hydrogens is 248 g/mol. The fourth-order valence-electron chi connectivity index (χ4n) is 4.00. The van der Waals surface area contributed by atoms with Gasteiger partial charge in [-0.1, -0.05) is 47.0 Å². The molecule has 20 heavy (non-hydrogen) atoms. The summed E-state index contributed by atoms with van der Waals surface area (Å²) in [5, 5.41) is 3.63. The van der Waals surface area contributed by atoms with Crippen molar-refractivity contribution >= 4 is 5.91 Å². The van der Waals surface area contributed by atoms with Gasteiger partial charge in [0.2, 0.25) is 5.91 Å². The molecule has 1 heterocycles. The fourth-order valence-corrected chi connectivity index (χ4v) is 4.00. The molecule has 116 valence electrons. The van der Waals surface area contributed by atoms with Crippen LogP contribution in [0.5, 0.6) is 0 Å². The van der Waals surface area contributed by atoms with E-state index in [0.29, 0.717) is 23.8 Å². The van der Waals surface area contributed by atoms with E-state index in [1.165, 1.54) is 32.1 Å². The van der Waals surface area contributed by atoms with E-state index in [2.05, 4.69) is 44.8 Å². The number of nitrogens with one attached hydrogen (secondary N) is 1. The van der Waals surface area contributed by atoms with Gasteiger partial charge in [-0.3, -0.25) is 10.1 Å². The molecule has 0 bridgehead atoms. The van der Waals surface area contributed by atoms with Gasteiger partial charge in [-0.15, -0.1) is 0 Å². The first-order valence-electron chi connectivity index (χ1n) is 8.55. The van der Waals surface area contributed by atoms with Crippen molar-refractivity contribution in [3.8, 4) is 0 Å². The fraction of sp³-hybridized carbons (Fsp3) is 0.941. The van der Waals surface area contributed by atoms with Crippen LogP contribution >= 0.6 is 0 Å². The third kappa shape index (κ3) is 2.61. The Morgan fingerprint density at radius 1 is 1.30 bits per heavy atom. The molecule has 4 atom stereocenters. The summed E-state index contributed by atoms with van der Waals surface area (Å²) in [6.45, 7) is 10.9. The van der Waals surface area contributed by atoms with Gasteiger partial charge in [0.05, 0.1) is 11.7 Å². The van der Waals surface area contributed by atoms with Crippen LogP contribution in [0.4, 0.5) is 0 Å². The van der Waals surface area contributed by atoms with Crippen LogP contribution in [0.1, 0.15) is 73.1 Å². The van der Waals surface area contributed by atoms with Crippen molar-refractivity contribution < 1.29 is 4.79 Å². The monoisotopic (exact) mass is 280 g/mol. The highest BCUT2D eigenvalue weighted by Gasteiger charge is 2.51. The quantitative estimate of drug-likeness (QED) is 0.854. The smallest absolute Gasteiger partial charge is 0.244 e. The molecule has 1 amide bonds.